The minimum Gasteiger partial charge on any atom is -0.480 e. The van der Waals surface area contributed by atoms with Crippen molar-refractivity contribution in [2.24, 2.45) is 0 Å². The summed E-state index contributed by atoms with van der Waals surface area (Å²) >= 11 is 11.2. The molecule has 5 nitrogen and oxygen atoms in total. The first kappa shape index (κ1) is 16.0. The van der Waals surface area contributed by atoms with Crippen LogP contribution in [0.3, 0.4) is 0 Å². The highest BCUT2D eigenvalue weighted by molar-refractivity contribution is 8.03. The first-order chi connectivity index (χ1) is 8.99. The van der Waals surface area contributed by atoms with E-state index in [1.807, 2.05) is 18.2 Å². The summed E-state index contributed by atoms with van der Waals surface area (Å²) < 4.78 is 5.01. The third kappa shape index (κ3) is 6.62. The number of amides is 1. The van der Waals surface area contributed by atoms with Crippen molar-refractivity contribution < 1.29 is 19.4 Å². The lowest BCUT2D eigenvalue weighted by Gasteiger charge is -2.20. The molecule has 1 aromatic carbocycles. The van der Waals surface area contributed by atoms with Crippen molar-refractivity contribution in [3.63, 3.8) is 0 Å². The van der Waals surface area contributed by atoms with Gasteiger partial charge >= 0.3 is 12.1 Å². The van der Waals surface area contributed by atoms with Gasteiger partial charge in [-0.1, -0.05) is 52.8 Å². The van der Waals surface area contributed by atoms with Gasteiger partial charge in [0, 0.05) is 0 Å². The average Bonchev–Trinajstić information content (AvgIpc) is 2.35. The maximum absolute atomic E-state index is 11.7. The fourth-order valence-electron chi connectivity index (χ4n) is 1.28. The van der Waals surface area contributed by atoms with Crippen LogP contribution in [0.25, 0.3) is 0 Å². The quantitative estimate of drug-likeness (QED) is 0.814. The first-order valence-electron chi connectivity index (χ1n) is 5.25. The molecule has 0 saturated heterocycles. The Morgan fingerprint density at radius 2 is 1.89 bits per heavy atom. The fourth-order valence-corrected chi connectivity index (χ4v) is 2.52. The Hall–Kier alpha value is -1.03. The van der Waals surface area contributed by atoms with Crippen molar-refractivity contribution in [1.82, 2.24) is 4.90 Å². The molecule has 1 aromatic rings. The van der Waals surface area contributed by atoms with Gasteiger partial charge in [-0.2, -0.15) is 0 Å². The molecule has 0 aromatic heterocycles. The van der Waals surface area contributed by atoms with Crippen LogP contribution in [0.4, 0.5) is 4.79 Å². The molecule has 0 bridgehead atoms. The van der Waals surface area contributed by atoms with E-state index in [0.717, 1.165) is 10.5 Å². The fraction of sp³-hybridized carbons (Fsp3) is 0.273. The van der Waals surface area contributed by atoms with Gasteiger partial charge in [0.05, 0.1) is 6.29 Å². The summed E-state index contributed by atoms with van der Waals surface area (Å²) in [5.74, 6) is -1.15. The molecule has 0 atom stereocenters. The van der Waals surface area contributed by atoms with Crippen LogP contribution >= 0.6 is 29.1 Å². The number of nitrogens with zero attached hydrogens (tertiary/aromatic N) is 1. The Labute approximate surface area is 121 Å². The van der Waals surface area contributed by atoms with Crippen molar-refractivity contribution in [2.45, 2.75) is 6.61 Å². The molecule has 1 amide bonds. The number of ether oxygens (including phenoxy) is 1. The smallest absolute Gasteiger partial charge is 0.411 e. The molecule has 0 saturated carbocycles. The van der Waals surface area contributed by atoms with Gasteiger partial charge in [-0.25, -0.2) is 4.79 Å². The average molecular weight is 324 g/mol. The predicted molar refractivity (Wildman–Crippen MR) is 74.5 cm³/mol. The van der Waals surface area contributed by atoms with Crippen LogP contribution in [-0.4, -0.2) is 34.9 Å². The molecule has 0 aliphatic carbocycles. The Bertz CT molecular complexity index is 430. The van der Waals surface area contributed by atoms with E-state index in [4.69, 9.17) is 32.3 Å². The Balaban J connectivity index is 2.54. The lowest BCUT2D eigenvalue weighted by molar-refractivity contribution is -0.137. The predicted octanol–water partition coefficient (Wildman–Crippen LogP) is 3.46. The monoisotopic (exact) mass is 323 g/mol. The number of carboxylic acids is 1. The van der Waals surface area contributed by atoms with Crippen molar-refractivity contribution in [2.75, 3.05) is 12.8 Å². The highest BCUT2D eigenvalue weighted by atomic mass is 35.9. The molecule has 104 valence electrons. The third-order valence-corrected chi connectivity index (χ3v) is 3.26. The number of rotatable bonds is 6. The minimum absolute atomic E-state index is 0.0433. The van der Waals surface area contributed by atoms with E-state index in [2.05, 4.69) is 0 Å². The third-order valence-electron chi connectivity index (χ3n) is 2.07. The van der Waals surface area contributed by atoms with Gasteiger partial charge in [0.25, 0.3) is 0 Å². The highest BCUT2D eigenvalue weighted by Gasteiger charge is 2.20. The second-order valence-electron chi connectivity index (χ2n) is 3.58. The SMILES string of the molecule is O=C(O)CN(CP(Cl)Cl)C(=O)OCc1ccccc1. The molecule has 1 N–H and O–H groups in total. The molecular formula is C11H12Cl2NO4P. The van der Waals surface area contributed by atoms with Crippen molar-refractivity contribution in [3.05, 3.63) is 35.9 Å². The molecule has 19 heavy (non-hydrogen) atoms. The number of carbonyl (C=O) groups excluding carboxylic acids is 1. The van der Waals surface area contributed by atoms with Crippen molar-refractivity contribution in [1.29, 1.82) is 0 Å². The van der Waals surface area contributed by atoms with Gasteiger partial charge in [-0.05, 0) is 5.56 Å². The second-order valence-corrected chi connectivity index (χ2v) is 7.43. The summed E-state index contributed by atoms with van der Waals surface area (Å²) in [6.07, 6.45) is -0.793. The summed E-state index contributed by atoms with van der Waals surface area (Å²) in [7, 11) is 0. The topological polar surface area (TPSA) is 66.8 Å². The molecule has 0 heterocycles. The molecular weight excluding hydrogens is 312 g/mol. The number of halogens is 2. The molecule has 0 spiro atoms. The Morgan fingerprint density at radius 1 is 1.26 bits per heavy atom. The van der Waals surface area contributed by atoms with E-state index in [9.17, 15) is 9.59 Å². The standard InChI is InChI=1S/C11H12Cl2NO4P/c12-19(13)8-14(6-10(15)16)11(17)18-7-9-4-2-1-3-5-9/h1-5H,6-8H2,(H,15,16). The summed E-state index contributed by atoms with van der Waals surface area (Å²) in [6, 6.07) is 9.07. The summed E-state index contributed by atoms with van der Waals surface area (Å²) in [5, 5.41) is 8.70. The summed E-state index contributed by atoms with van der Waals surface area (Å²) in [5.41, 5.74) is 0.810. The zero-order valence-electron chi connectivity index (χ0n) is 9.83. The van der Waals surface area contributed by atoms with Gasteiger partial charge in [-0.15, -0.1) is 0 Å². The second kappa shape index (κ2) is 8.20. The van der Waals surface area contributed by atoms with Gasteiger partial charge in [0.2, 0.25) is 0 Å². The zero-order valence-corrected chi connectivity index (χ0v) is 12.2. The zero-order chi connectivity index (χ0) is 14.3. The number of benzene rings is 1. The number of carbonyl (C=O) groups is 2. The van der Waals surface area contributed by atoms with Crippen molar-refractivity contribution >= 4 is 41.2 Å². The van der Waals surface area contributed by atoms with Crippen LogP contribution in [0.1, 0.15) is 5.56 Å². The van der Waals surface area contributed by atoms with E-state index in [1.165, 1.54) is 0 Å². The summed E-state index contributed by atoms with van der Waals surface area (Å²) in [4.78, 5) is 23.3. The van der Waals surface area contributed by atoms with Crippen LogP contribution in [0.5, 0.6) is 0 Å². The van der Waals surface area contributed by atoms with Crippen molar-refractivity contribution in [3.8, 4) is 0 Å². The lowest BCUT2D eigenvalue weighted by Crippen LogP contribution is -2.35. The van der Waals surface area contributed by atoms with Gasteiger partial charge in [0.1, 0.15) is 19.8 Å². The minimum atomic E-state index is -1.46. The molecule has 1 rings (SSSR count). The van der Waals surface area contributed by atoms with E-state index in [1.54, 1.807) is 12.1 Å². The van der Waals surface area contributed by atoms with Gasteiger partial charge in [0.15, 0.2) is 0 Å². The maximum atomic E-state index is 11.7. The first-order valence-corrected chi connectivity index (χ1v) is 8.59. The maximum Gasteiger partial charge on any atom is 0.411 e. The normalized spacial score (nSPS) is 10.3. The van der Waals surface area contributed by atoms with E-state index in [0.29, 0.717) is 0 Å². The molecule has 0 aliphatic rings. The van der Waals surface area contributed by atoms with E-state index >= 15 is 0 Å². The van der Waals surface area contributed by atoms with Gasteiger partial charge in [-0.3, -0.25) is 9.69 Å². The van der Waals surface area contributed by atoms with E-state index < -0.39 is 25.2 Å². The molecule has 0 aliphatic heterocycles. The Morgan fingerprint density at radius 3 is 2.42 bits per heavy atom. The van der Waals surface area contributed by atoms with Crippen LogP contribution in [0.15, 0.2) is 30.3 Å². The molecule has 0 fully saturated rings. The van der Waals surface area contributed by atoms with Crippen LogP contribution in [0, 0.1) is 0 Å². The summed E-state index contributed by atoms with van der Waals surface area (Å²) in [6.45, 7) is -1.89. The van der Waals surface area contributed by atoms with E-state index in [-0.39, 0.29) is 12.9 Å². The number of hydrogen-bond acceptors (Lipinski definition) is 3. The Kier molecular flexibility index (Phi) is 6.92. The van der Waals surface area contributed by atoms with Crippen LogP contribution in [0.2, 0.25) is 0 Å². The highest BCUT2D eigenvalue weighted by Crippen LogP contribution is 2.47. The van der Waals surface area contributed by atoms with Crippen LogP contribution in [-0.2, 0) is 16.1 Å². The lowest BCUT2D eigenvalue weighted by atomic mass is 10.2. The number of carboxylic acid groups (broad SMARTS) is 1. The van der Waals surface area contributed by atoms with Gasteiger partial charge < -0.3 is 9.84 Å². The number of hydrogen-bond donors (Lipinski definition) is 1. The molecule has 0 unspecified atom stereocenters. The number of aliphatic carboxylic acids is 1. The molecule has 0 radical (unpaired) electrons. The van der Waals surface area contributed by atoms with Crippen LogP contribution < -0.4 is 0 Å². The largest absolute Gasteiger partial charge is 0.480 e. The molecule has 8 heteroatoms.